The normalized spacial score (nSPS) is 11.8. The van der Waals surface area contributed by atoms with Gasteiger partial charge < -0.3 is 21.5 Å². The SMILES string of the molecule is CC=CC[N+](C)(C)CCCCCCCCCCCC.[Br-]. The van der Waals surface area contributed by atoms with Gasteiger partial charge >= 0.3 is 0 Å². The third-order valence-electron chi connectivity index (χ3n) is 3.95. The van der Waals surface area contributed by atoms with Crippen molar-refractivity contribution >= 4 is 0 Å². The smallest absolute Gasteiger partial charge is 0.0969 e. The van der Waals surface area contributed by atoms with E-state index in [1.54, 1.807) is 0 Å². The van der Waals surface area contributed by atoms with Crippen LogP contribution in [0.25, 0.3) is 0 Å². The van der Waals surface area contributed by atoms with Gasteiger partial charge in [0.1, 0.15) is 0 Å². The minimum Gasteiger partial charge on any atom is -1.00 e. The fourth-order valence-electron chi connectivity index (χ4n) is 2.51. The van der Waals surface area contributed by atoms with E-state index in [1.807, 2.05) is 0 Å². The molecule has 0 aromatic carbocycles. The molecule has 0 aromatic rings. The fraction of sp³-hybridized carbons (Fsp3) is 0.889. The maximum Gasteiger partial charge on any atom is 0.0969 e. The molecule has 0 aromatic heterocycles. The lowest BCUT2D eigenvalue weighted by Crippen LogP contribution is -3.00. The number of hydrogen-bond acceptors (Lipinski definition) is 0. The molecule has 0 fully saturated rings. The quantitative estimate of drug-likeness (QED) is 0.273. The van der Waals surface area contributed by atoms with Crippen molar-refractivity contribution in [1.29, 1.82) is 0 Å². The first-order valence-electron chi connectivity index (χ1n) is 8.55. The lowest BCUT2D eigenvalue weighted by Gasteiger charge is -2.28. The summed E-state index contributed by atoms with van der Waals surface area (Å²) in [5.41, 5.74) is 0. The molecule has 2 heteroatoms. The summed E-state index contributed by atoms with van der Waals surface area (Å²) in [6.07, 6.45) is 18.8. The Morgan fingerprint density at radius 3 is 1.65 bits per heavy atom. The second kappa shape index (κ2) is 15.6. The van der Waals surface area contributed by atoms with Gasteiger partial charge in [0.2, 0.25) is 0 Å². The highest BCUT2D eigenvalue weighted by Crippen LogP contribution is 2.11. The van der Waals surface area contributed by atoms with Crippen molar-refractivity contribution in [2.75, 3.05) is 27.2 Å². The third kappa shape index (κ3) is 16.2. The predicted molar refractivity (Wildman–Crippen MR) is 88.5 cm³/mol. The molecule has 0 radical (unpaired) electrons. The van der Waals surface area contributed by atoms with Gasteiger partial charge in [-0.25, -0.2) is 0 Å². The van der Waals surface area contributed by atoms with E-state index in [9.17, 15) is 0 Å². The van der Waals surface area contributed by atoms with Crippen LogP contribution in [-0.4, -0.2) is 31.7 Å². The Bertz CT molecular complexity index is 211. The average molecular weight is 348 g/mol. The van der Waals surface area contributed by atoms with Crippen molar-refractivity contribution in [3.05, 3.63) is 12.2 Å². The lowest BCUT2D eigenvalue weighted by atomic mass is 10.1. The Morgan fingerprint density at radius 1 is 0.750 bits per heavy atom. The highest BCUT2D eigenvalue weighted by molar-refractivity contribution is 4.76. The molecule has 0 bridgehead atoms. The van der Waals surface area contributed by atoms with E-state index >= 15 is 0 Å². The number of unbranched alkanes of at least 4 members (excludes halogenated alkanes) is 9. The molecular weight excluding hydrogens is 310 g/mol. The summed E-state index contributed by atoms with van der Waals surface area (Å²) in [6.45, 7) is 6.89. The van der Waals surface area contributed by atoms with Crippen LogP contribution in [-0.2, 0) is 0 Å². The highest BCUT2D eigenvalue weighted by Gasteiger charge is 2.11. The minimum atomic E-state index is 0. The molecule has 0 saturated heterocycles. The largest absolute Gasteiger partial charge is 1.00 e. The highest BCUT2D eigenvalue weighted by atomic mass is 79.9. The van der Waals surface area contributed by atoms with Gasteiger partial charge in [-0.05, 0) is 25.8 Å². The number of halogens is 1. The fourth-order valence-corrected chi connectivity index (χ4v) is 2.51. The number of allylic oxidation sites excluding steroid dienone is 1. The van der Waals surface area contributed by atoms with E-state index in [1.165, 1.54) is 77.3 Å². The first kappa shape index (κ1) is 22.5. The van der Waals surface area contributed by atoms with Crippen LogP contribution in [0.5, 0.6) is 0 Å². The predicted octanol–water partition coefficient (Wildman–Crippen LogP) is 2.56. The van der Waals surface area contributed by atoms with Crippen molar-refractivity contribution in [3.63, 3.8) is 0 Å². The van der Waals surface area contributed by atoms with E-state index in [0.29, 0.717) is 0 Å². The number of likely N-dealkylation sites (N-methyl/N-ethyl adjacent to an activating group) is 1. The zero-order valence-corrected chi connectivity index (χ0v) is 16.1. The van der Waals surface area contributed by atoms with E-state index in [0.717, 1.165) is 4.48 Å². The number of rotatable bonds is 13. The molecule has 0 aliphatic carbocycles. The second-order valence-corrected chi connectivity index (χ2v) is 6.59. The molecule has 20 heavy (non-hydrogen) atoms. The van der Waals surface area contributed by atoms with Gasteiger partial charge in [-0.1, -0.05) is 64.4 Å². The van der Waals surface area contributed by atoms with E-state index in [-0.39, 0.29) is 17.0 Å². The maximum absolute atomic E-state index is 2.34. The Kier molecular flexibility index (Phi) is 17.5. The molecule has 0 aliphatic heterocycles. The van der Waals surface area contributed by atoms with Crippen molar-refractivity contribution in [3.8, 4) is 0 Å². The number of nitrogens with zero attached hydrogens (tertiary/aromatic N) is 1. The molecular formula is C18H38BrN. The van der Waals surface area contributed by atoms with Crippen LogP contribution in [0.1, 0.15) is 78.1 Å². The second-order valence-electron chi connectivity index (χ2n) is 6.59. The first-order valence-corrected chi connectivity index (χ1v) is 8.55. The molecule has 0 rings (SSSR count). The van der Waals surface area contributed by atoms with Gasteiger partial charge in [-0.3, -0.25) is 0 Å². The molecule has 0 unspecified atom stereocenters. The maximum atomic E-state index is 2.34. The summed E-state index contributed by atoms with van der Waals surface area (Å²) in [4.78, 5) is 0. The van der Waals surface area contributed by atoms with Gasteiger partial charge in [0, 0.05) is 0 Å². The Balaban J connectivity index is 0. The van der Waals surface area contributed by atoms with Crippen molar-refractivity contribution in [2.45, 2.75) is 78.1 Å². The number of quaternary nitrogens is 1. The molecule has 0 atom stereocenters. The van der Waals surface area contributed by atoms with Gasteiger partial charge in [0.25, 0.3) is 0 Å². The summed E-state index contributed by atoms with van der Waals surface area (Å²) in [5, 5.41) is 0. The molecule has 0 heterocycles. The van der Waals surface area contributed by atoms with E-state index in [4.69, 9.17) is 0 Å². The molecule has 0 saturated carbocycles. The van der Waals surface area contributed by atoms with Gasteiger partial charge in [-0.2, -0.15) is 0 Å². The zero-order valence-electron chi connectivity index (χ0n) is 14.5. The summed E-state index contributed by atoms with van der Waals surface area (Å²) in [5.74, 6) is 0. The van der Waals surface area contributed by atoms with Crippen molar-refractivity contribution in [1.82, 2.24) is 0 Å². The molecule has 0 spiro atoms. The van der Waals surface area contributed by atoms with Crippen LogP contribution >= 0.6 is 0 Å². The van der Waals surface area contributed by atoms with Crippen LogP contribution in [0.4, 0.5) is 0 Å². The molecule has 0 amide bonds. The van der Waals surface area contributed by atoms with Crippen LogP contribution in [0.15, 0.2) is 12.2 Å². The molecule has 122 valence electrons. The van der Waals surface area contributed by atoms with Crippen LogP contribution in [0, 0.1) is 0 Å². The molecule has 0 N–H and O–H groups in total. The Hall–Kier alpha value is 0.180. The number of hydrogen-bond donors (Lipinski definition) is 0. The van der Waals surface area contributed by atoms with Gasteiger partial charge in [-0.15, -0.1) is 0 Å². The van der Waals surface area contributed by atoms with Gasteiger partial charge in [0.15, 0.2) is 0 Å². The minimum absolute atomic E-state index is 0. The molecule has 0 aliphatic rings. The summed E-state index contributed by atoms with van der Waals surface area (Å²) < 4.78 is 1.14. The summed E-state index contributed by atoms with van der Waals surface area (Å²) in [6, 6.07) is 0. The van der Waals surface area contributed by atoms with Crippen molar-refractivity contribution < 1.29 is 21.5 Å². The molecule has 1 nitrogen and oxygen atoms in total. The van der Waals surface area contributed by atoms with Crippen LogP contribution < -0.4 is 17.0 Å². The topological polar surface area (TPSA) is 0 Å². The lowest BCUT2D eigenvalue weighted by molar-refractivity contribution is -0.884. The third-order valence-corrected chi connectivity index (χ3v) is 3.95. The van der Waals surface area contributed by atoms with Gasteiger partial charge in [0.05, 0.1) is 27.2 Å². The first-order chi connectivity index (χ1) is 9.12. The average Bonchev–Trinajstić information content (AvgIpc) is 2.38. The Labute approximate surface area is 139 Å². The summed E-state index contributed by atoms with van der Waals surface area (Å²) in [7, 11) is 4.68. The monoisotopic (exact) mass is 347 g/mol. The summed E-state index contributed by atoms with van der Waals surface area (Å²) >= 11 is 0. The van der Waals surface area contributed by atoms with Crippen molar-refractivity contribution in [2.24, 2.45) is 0 Å². The van der Waals surface area contributed by atoms with Crippen LogP contribution in [0.2, 0.25) is 0 Å². The standard InChI is InChI=1S/C18H38N.BrH/c1-5-7-9-10-11-12-13-14-15-16-18-19(3,4)17-8-6-2;/h6,8H,5,7,9-18H2,1-4H3;1H/q+1;/p-1. The van der Waals surface area contributed by atoms with E-state index < -0.39 is 0 Å². The zero-order chi connectivity index (χ0) is 14.4. The Morgan fingerprint density at radius 2 is 1.20 bits per heavy atom. The van der Waals surface area contributed by atoms with Crippen LogP contribution in [0.3, 0.4) is 0 Å². The van der Waals surface area contributed by atoms with E-state index in [2.05, 4.69) is 40.1 Å².